The maximum atomic E-state index is 14.0. The van der Waals surface area contributed by atoms with Gasteiger partial charge in [0.1, 0.15) is 11.6 Å². The molecule has 0 bridgehead atoms. The van der Waals surface area contributed by atoms with Gasteiger partial charge in [-0.05, 0) is 42.2 Å². The highest BCUT2D eigenvalue weighted by Gasteiger charge is 2.26. The molecule has 3 heterocycles. The molecule has 11 nitrogen and oxygen atoms in total. The number of carbonyl (C=O) groups is 1. The second-order valence-electron chi connectivity index (χ2n) is 11.4. The van der Waals surface area contributed by atoms with Gasteiger partial charge in [0.2, 0.25) is 5.91 Å². The van der Waals surface area contributed by atoms with Gasteiger partial charge in [0, 0.05) is 12.2 Å². The van der Waals surface area contributed by atoms with Gasteiger partial charge in [0.15, 0.2) is 15.2 Å². The summed E-state index contributed by atoms with van der Waals surface area (Å²) in [6.45, 7) is 4.48. The van der Waals surface area contributed by atoms with Crippen molar-refractivity contribution in [1.82, 2.24) is 29.3 Å². The maximum Gasteiger partial charge on any atom is 0.330 e. The fourth-order valence-corrected chi connectivity index (χ4v) is 7.90. The number of thiazole rings is 1. The predicted octanol–water partition coefficient (Wildman–Crippen LogP) is 5.82. The van der Waals surface area contributed by atoms with Gasteiger partial charge in [-0.15, -0.1) is 21.5 Å². The van der Waals surface area contributed by atoms with E-state index in [-0.39, 0.29) is 42.2 Å². The van der Waals surface area contributed by atoms with Crippen LogP contribution in [0.5, 0.6) is 0 Å². The molecule has 0 aliphatic carbocycles. The minimum absolute atomic E-state index is 0.0331. The number of benzene rings is 3. The molecule has 0 aliphatic heterocycles. The fraction of sp³-hybridized carbons (Fsp3) is 0.235. The Morgan fingerprint density at radius 3 is 2.40 bits per heavy atom. The van der Waals surface area contributed by atoms with Gasteiger partial charge >= 0.3 is 5.69 Å². The van der Waals surface area contributed by atoms with Crippen LogP contribution < -0.4 is 21.9 Å². The first-order valence-electron chi connectivity index (χ1n) is 15.4. The van der Waals surface area contributed by atoms with Crippen molar-refractivity contribution >= 4 is 62.5 Å². The van der Waals surface area contributed by atoms with E-state index in [1.165, 1.54) is 21.2 Å². The standard InChI is InChI=1S/C34H34N8O3S3/c1-22(2)17-18-40(29-30(35)41(32(45)37-31(29)44)19-23-11-5-3-6-12-23)28(43)21-46-33-39-38-27(42(33)24-13-7-4-8-14-24)20-47-34-36-25-15-9-10-16-26(25)48-34/h3-16,22H,17-21,35H2,1-2H3,(H,37,44,45). The van der Waals surface area contributed by atoms with E-state index in [2.05, 4.69) is 21.2 Å². The summed E-state index contributed by atoms with van der Waals surface area (Å²) < 4.78 is 5.28. The van der Waals surface area contributed by atoms with Gasteiger partial charge in [-0.1, -0.05) is 98.0 Å². The van der Waals surface area contributed by atoms with Gasteiger partial charge in [-0.3, -0.25) is 23.7 Å². The van der Waals surface area contributed by atoms with Crippen LogP contribution >= 0.6 is 34.9 Å². The number of nitrogens with zero attached hydrogens (tertiary/aromatic N) is 6. The lowest BCUT2D eigenvalue weighted by Crippen LogP contribution is -2.42. The van der Waals surface area contributed by atoms with E-state index in [1.807, 2.05) is 97.3 Å². The summed E-state index contributed by atoms with van der Waals surface area (Å²) in [5, 5.41) is 9.51. The van der Waals surface area contributed by atoms with Gasteiger partial charge in [0.05, 0.1) is 28.3 Å². The molecule has 3 aromatic carbocycles. The number of nitrogens with one attached hydrogen (secondary N) is 1. The van der Waals surface area contributed by atoms with Crippen molar-refractivity contribution in [3.8, 4) is 5.69 Å². The maximum absolute atomic E-state index is 14.0. The zero-order valence-electron chi connectivity index (χ0n) is 26.4. The number of nitrogen functional groups attached to an aromatic ring is 1. The first-order chi connectivity index (χ1) is 23.3. The van der Waals surface area contributed by atoms with Gasteiger partial charge < -0.3 is 10.6 Å². The lowest BCUT2D eigenvalue weighted by Gasteiger charge is -2.25. The number of nitrogens with two attached hydrogens (primary N) is 1. The smallest absolute Gasteiger partial charge is 0.330 e. The summed E-state index contributed by atoms with van der Waals surface area (Å²) in [4.78, 5) is 48.6. The second kappa shape index (κ2) is 15.0. The molecule has 0 unspecified atom stereocenters. The number of aromatic nitrogens is 6. The van der Waals surface area contributed by atoms with Crippen LogP contribution in [0.2, 0.25) is 0 Å². The highest BCUT2D eigenvalue weighted by atomic mass is 32.2. The monoisotopic (exact) mass is 698 g/mol. The lowest BCUT2D eigenvalue weighted by molar-refractivity contribution is -0.116. The van der Waals surface area contributed by atoms with E-state index >= 15 is 0 Å². The number of thioether (sulfide) groups is 2. The van der Waals surface area contributed by atoms with Crippen molar-refractivity contribution < 1.29 is 4.79 Å². The average molecular weight is 699 g/mol. The van der Waals surface area contributed by atoms with Crippen LogP contribution in [-0.4, -0.2) is 47.5 Å². The molecule has 0 aliphatic rings. The topological polar surface area (TPSA) is 145 Å². The SMILES string of the molecule is CC(C)CCN(C(=O)CSc1nnc(CSc2nc3ccccc3s2)n1-c1ccccc1)c1c(N)n(Cc2ccccc2)c(=O)[nH]c1=O. The molecule has 0 radical (unpaired) electrons. The summed E-state index contributed by atoms with van der Waals surface area (Å²) in [5.74, 6) is 1.05. The first kappa shape index (κ1) is 33.2. The van der Waals surface area contributed by atoms with Crippen LogP contribution in [0.15, 0.2) is 104 Å². The van der Waals surface area contributed by atoms with Crippen molar-refractivity contribution in [2.75, 3.05) is 22.9 Å². The van der Waals surface area contributed by atoms with Crippen molar-refractivity contribution in [1.29, 1.82) is 0 Å². The summed E-state index contributed by atoms with van der Waals surface area (Å²) in [6, 6.07) is 27.1. The Hall–Kier alpha value is -4.66. The zero-order valence-corrected chi connectivity index (χ0v) is 28.9. The van der Waals surface area contributed by atoms with E-state index in [9.17, 15) is 14.4 Å². The molecule has 14 heteroatoms. The van der Waals surface area contributed by atoms with E-state index in [0.717, 1.165) is 25.8 Å². The summed E-state index contributed by atoms with van der Waals surface area (Å²) in [6.07, 6.45) is 0.625. The second-order valence-corrected chi connectivity index (χ2v) is 14.6. The third-order valence-electron chi connectivity index (χ3n) is 7.54. The van der Waals surface area contributed by atoms with E-state index in [1.54, 1.807) is 23.1 Å². The number of H-pyrrole nitrogens is 1. The molecule has 0 saturated heterocycles. The molecule has 0 saturated carbocycles. The minimum atomic E-state index is -0.703. The number of amides is 1. The first-order valence-corrected chi connectivity index (χ1v) is 18.1. The Morgan fingerprint density at radius 1 is 0.958 bits per heavy atom. The molecular formula is C34H34N8O3S3. The Bertz CT molecular complexity index is 2110. The number of hydrogen-bond acceptors (Lipinski definition) is 10. The van der Waals surface area contributed by atoms with E-state index in [0.29, 0.717) is 23.2 Å². The predicted molar refractivity (Wildman–Crippen MR) is 194 cm³/mol. The van der Waals surface area contributed by atoms with Gasteiger partial charge in [0.25, 0.3) is 5.56 Å². The van der Waals surface area contributed by atoms with Crippen molar-refractivity contribution in [2.24, 2.45) is 5.92 Å². The van der Waals surface area contributed by atoms with Crippen LogP contribution in [0.3, 0.4) is 0 Å². The molecule has 6 rings (SSSR count). The van der Waals surface area contributed by atoms with E-state index in [4.69, 9.17) is 10.7 Å². The van der Waals surface area contributed by atoms with E-state index < -0.39 is 11.2 Å². The lowest BCUT2D eigenvalue weighted by atomic mass is 10.1. The minimum Gasteiger partial charge on any atom is -0.383 e. The van der Waals surface area contributed by atoms with Crippen LogP contribution in [0.4, 0.5) is 11.5 Å². The number of fused-ring (bicyclic) bond motifs is 1. The zero-order chi connectivity index (χ0) is 33.6. The van der Waals surface area contributed by atoms with Crippen LogP contribution in [0.25, 0.3) is 15.9 Å². The number of rotatable bonds is 13. The average Bonchev–Trinajstić information content (AvgIpc) is 3.70. The molecular weight excluding hydrogens is 665 g/mol. The van der Waals surface area contributed by atoms with Crippen molar-refractivity contribution in [3.63, 3.8) is 0 Å². The normalized spacial score (nSPS) is 11.4. The van der Waals surface area contributed by atoms with Gasteiger partial charge in [-0.2, -0.15) is 0 Å². The highest BCUT2D eigenvalue weighted by Crippen LogP contribution is 2.33. The molecule has 6 aromatic rings. The van der Waals surface area contributed by atoms with Crippen LogP contribution in [0, 0.1) is 5.92 Å². The molecule has 0 spiro atoms. The number of hydrogen-bond donors (Lipinski definition) is 2. The molecule has 48 heavy (non-hydrogen) atoms. The highest BCUT2D eigenvalue weighted by molar-refractivity contribution is 8.00. The Kier molecular flexibility index (Phi) is 10.4. The van der Waals surface area contributed by atoms with Crippen molar-refractivity contribution in [3.05, 3.63) is 117 Å². The molecule has 3 N–H and O–H groups in total. The molecule has 1 amide bonds. The largest absolute Gasteiger partial charge is 0.383 e. The van der Waals surface area contributed by atoms with Gasteiger partial charge in [-0.25, -0.2) is 9.78 Å². The fourth-order valence-electron chi connectivity index (χ4n) is 5.08. The third-order valence-corrected chi connectivity index (χ3v) is 10.6. The number of aromatic amines is 1. The molecule has 0 atom stereocenters. The Labute approximate surface area is 289 Å². The van der Waals surface area contributed by atoms with Crippen LogP contribution in [0.1, 0.15) is 31.7 Å². The van der Waals surface area contributed by atoms with Crippen molar-refractivity contribution in [2.45, 2.75) is 42.1 Å². The number of para-hydroxylation sites is 2. The summed E-state index contributed by atoms with van der Waals surface area (Å²) in [7, 11) is 0. The summed E-state index contributed by atoms with van der Waals surface area (Å²) >= 11 is 4.44. The third kappa shape index (κ3) is 7.56. The Balaban J connectivity index is 1.27. The number of anilines is 2. The quantitative estimate of drug-likeness (QED) is 0.143. The number of carbonyl (C=O) groups excluding carboxylic acids is 1. The molecule has 3 aromatic heterocycles. The molecule has 246 valence electrons. The van der Waals surface area contributed by atoms with Crippen LogP contribution in [-0.2, 0) is 17.1 Å². The molecule has 0 fully saturated rings. The summed E-state index contributed by atoms with van der Waals surface area (Å²) in [5.41, 5.74) is 7.79. The Morgan fingerprint density at radius 2 is 1.67 bits per heavy atom.